The Kier molecular flexibility index (Phi) is 5.59. The number of halogens is 2. The summed E-state index contributed by atoms with van der Waals surface area (Å²) < 4.78 is 0. The van der Waals surface area contributed by atoms with Crippen molar-refractivity contribution in [2.75, 3.05) is 5.43 Å². The number of carboxylic acid groups (broad SMARTS) is 1. The van der Waals surface area contributed by atoms with Crippen LogP contribution < -0.4 is 10.9 Å². The quantitative estimate of drug-likeness (QED) is 0.701. The molecule has 0 fully saturated rings. The lowest BCUT2D eigenvalue weighted by molar-refractivity contribution is -0.139. The highest BCUT2D eigenvalue weighted by Gasteiger charge is 2.25. The smallest absolute Gasteiger partial charge is 0.303 e. The number of nitrogens with zero attached hydrogens (tertiary/aromatic N) is 1. The van der Waals surface area contributed by atoms with Gasteiger partial charge in [-0.1, -0.05) is 37.0 Å². The van der Waals surface area contributed by atoms with E-state index in [2.05, 4.69) is 15.8 Å². The molecule has 8 heteroatoms. The summed E-state index contributed by atoms with van der Waals surface area (Å²) >= 11 is 11.8. The first-order valence-corrected chi connectivity index (χ1v) is 6.52. The molecule has 0 atom stereocenters. The number of hydrazine groups is 1. The second-order valence-electron chi connectivity index (χ2n) is 5.06. The topological polar surface area (TPSA) is 91.3 Å². The monoisotopic (exact) mass is 319 g/mol. The minimum Gasteiger partial charge on any atom is -0.481 e. The first-order chi connectivity index (χ1) is 9.21. The van der Waals surface area contributed by atoms with Gasteiger partial charge in [-0.2, -0.15) is 0 Å². The number of pyridine rings is 1. The number of rotatable bonds is 6. The normalized spacial score (nSPS) is 11.0. The summed E-state index contributed by atoms with van der Waals surface area (Å²) in [6.45, 7) is 3.40. The van der Waals surface area contributed by atoms with Crippen molar-refractivity contribution < 1.29 is 14.7 Å². The molecular weight excluding hydrogens is 305 g/mol. The average molecular weight is 320 g/mol. The van der Waals surface area contributed by atoms with Gasteiger partial charge >= 0.3 is 5.97 Å². The van der Waals surface area contributed by atoms with Crippen molar-refractivity contribution in [1.82, 2.24) is 10.4 Å². The van der Waals surface area contributed by atoms with Crippen LogP contribution in [0, 0.1) is 5.41 Å². The summed E-state index contributed by atoms with van der Waals surface area (Å²) in [4.78, 5) is 26.2. The van der Waals surface area contributed by atoms with E-state index in [1.807, 2.05) is 0 Å². The van der Waals surface area contributed by atoms with E-state index in [1.54, 1.807) is 13.8 Å². The summed E-state index contributed by atoms with van der Waals surface area (Å²) in [7, 11) is 0. The number of amides is 1. The Morgan fingerprint density at radius 2 is 1.80 bits per heavy atom. The summed E-state index contributed by atoms with van der Waals surface area (Å²) in [5.74, 6) is -1.31. The number of aliphatic carboxylic acids is 1. The third-order valence-electron chi connectivity index (χ3n) is 2.45. The molecule has 0 radical (unpaired) electrons. The maximum absolute atomic E-state index is 11.8. The molecule has 0 saturated heterocycles. The molecule has 20 heavy (non-hydrogen) atoms. The van der Waals surface area contributed by atoms with Gasteiger partial charge in [0.15, 0.2) is 0 Å². The molecule has 1 aromatic rings. The Morgan fingerprint density at radius 1 is 1.25 bits per heavy atom. The Hall–Kier alpha value is -1.53. The molecule has 0 aliphatic carbocycles. The Labute approximate surface area is 126 Å². The maximum Gasteiger partial charge on any atom is 0.303 e. The molecule has 110 valence electrons. The first kappa shape index (κ1) is 16.5. The van der Waals surface area contributed by atoms with Gasteiger partial charge in [0.1, 0.15) is 0 Å². The summed E-state index contributed by atoms with van der Waals surface area (Å²) in [6.07, 6.45) is 2.72. The standard InChI is InChI=1S/C12H15Cl2N3O3/c1-12(2,4-10(19)20)3-9(18)16-17-11-7(13)5-15-6-8(11)14/h5-6H,3-4H2,1-2H3,(H,15,17)(H,16,18)(H,19,20). The summed E-state index contributed by atoms with van der Waals surface area (Å²) in [6, 6.07) is 0. The first-order valence-electron chi connectivity index (χ1n) is 5.77. The van der Waals surface area contributed by atoms with E-state index in [4.69, 9.17) is 28.3 Å². The van der Waals surface area contributed by atoms with Gasteiger partial charge in [0.25, 0.3) is 0 Å². The highest BCUT2D eigenvalue weighted by Crippen LogP contribution is 2.28. The van der Waals surface area contributed by atoms with E-state index in [9.17, 15) is 9.59 Å². The number of anilines is 1. The zero-order valence-corrected chi connectivity index (χ0v) is 12.5. The maximum atomic E-state index is 11.8. The van der Waals surface area contributed by atoms with Crippen LogP contribution in [0.25, 0.3) is 0 Å². The molecule has 0 aromatic carbocycles. The lowest BCUT2D eigenvalue weighted by Gasteiger charge is -2.21. The third kappa shape index (κ3) is 5.22. The summed E-state index contributed by atoms with van der Waals surface area (Å²) in [5, 5.41) is 9.29. The fraction of sp³-hybridized carbons (Fsp3) is 0.417. The lowest BCUT2D eigenvalue weighted by Crippen LogP contribution is -2.34. The minimum absolute atomic E-state index is 0.0482. The number of hydrogen-bond donors (Lipinski definition) is 3. The van der Waals surface area contributed by atoms with E-state index in [0.29, 0.717) is 5.69 Å². The van der Waals surface area contributed by atoms with Crippen LogP contribution in [0.1, 0.15) is 26.7 Å². The second kappa shape index (κ2) is 6.76. The fourth-order valence-corrected chi connectivity index (χ4v) is 2.07. The van der Waals surface area contributed by atoms with Crippen molar-refractivity contribution in [3.05, 3.63) is 22.4 Å². The Morgan fingerprint density at radius 3 is 2.30 bits per heavy atom. The predicted molar refractivity (Wildman–Crippen MR) is 76.7 cm³/mol. The average Bonchev–Trinajstić information content (AvgIpc) is 2.25. The van der Waals surface area contributed by atoms with Crippen LogP contribution in [-0.2, 0) is 9.59 Å². The van der Waals surface area contributed by atoms with Gasteiger partial charge in [0, 0.05) is 18.8 Å². The summed E-state index contributed by atoms with van der Waals surface area (Å²) in [5.41, 5.74) is 4.73. The van der Waals surface area contributed by atoms with Gasteiger partial charge in [0.05, 0.1) is 22.2 Å². The van der Waals surface area contributed by atoms with Gasteiger partial charge in [-0.25, -0.2) is 0 Å². The van der Waals surface area contributed by atoms with Crippen molar-refractivity contribution >= 4 is 40.8 Å². The van der Waals surface area contributed by atoms with E-state index in [0.717, 1.165) is 0 Å². The van der Waals surface area contributed by atoms with Crippen molar-refractivity contribution in [2.24, 2.45) is 5.41 Å². The molecule has 0 aliphatic rings. The van der Waals surface area contributed by atoms with Crippen LogP contribution in [0.15, 0.2) is 12.4 Å². The van der Waals surface area contributed by atoms with Crippen LogP contribution in [0.4, 0.5) is 5.69 Å². The van der Waals surface area contributed by atoms with Crippen LogP contribution >= 0.6 is 23.2 Å². The largest absolute Gasteiger partial charge is 0.481 e. The molecule has 1 heterocycles. The molecule has 3 N–H and O–H groups in total. The van der Waals surface area contributed by atoms with E-state index in [-0.39, 0.29) is 28.8 Å². The van der Waals surface area contributed by atoms with Crippen LogP contribution in [0.2, 0.25) is 10.0 Å². The lowest BCUT2D eigenvalue weighted by atomic mass is 9.85. The zero-order chi connectivity index (χ0) is 15.3. The molecule has 6 nitrogen and oxygen atoms in total. The minimum atomic E-state index is -0.948. The molecule has 0 spiro atoms. The molecule has 0 aliphatic heterocycles. The highest BCUT2D eigenvalue weighted by molar-refractivity contribution is 6.38. The molecule has 1 amide bonds. The molecule has 0 unspecified atom stereocenters. The highest BCUT2D eigenvalue weighted by atomic mass is 35.5. The number of aromatic nitrogens is 1. The van der Waals surface area contributed by atoms with Crippen LogP contribution in [0.5, 0.6) is 0 Å². The van der Waals surface area contributed by atoms with Gasteiger partial charge in [-0.05, 0) is 5.41 Å². The molecule has 0 saturated carbocycles. The van der Waals surface area contributed by atoms with Gasteiger partial charge in [-0.15, -0.1) is 0 Å². The van der Waals surface area contributed by atoms with E-state index < -0.39 is 11.4 Å². The van der Waals surface area contributed by atoms with Gasteiger partial charge < -0.3 is 5.11 Å². The van der Waals surface area contributed by atoms with Crippen molar-refractivity contribution in [1.29, 1.82) is 0 Å². The Bertz CT molecular complexity index is 500. The van der Waals surface area contributed by atoms with Crippen molar-refractivity contribution in [3.8, 4) is 0 Å². The SMILES string of the molecule is CC(C)(CC(=O)O)CC(=O)NNc1c(Cl)cncc1Cl. The third-order valence-corrected chi connectivity index (χ3v) is 3.02. The van der Waals surface area contributed by atoms with Crippen molar-refractivity contribution in [3.63, 3.8) is 0 Å². The molecule has 0 bridgehead atoms. The molecule has 1 rings (SSSR count). The number of carbonyl (C=O) groups is 2. The van der Waals surface area contributed by atoms with Gasteiger partial charge in [-0.3, -0.25) is 25.4 Å². The predicted octanol–water partition coefficient (Wildman–Crippen LogP) is 2.72. The second-order valence-corrected chi connectivity index (χ2v) is 5.88. The van der Waals surface area contributed by atoms with Crippen LogP contribution in [0.3, 0.4) is 0 Å². The van der Waals surface area contributed by atoms with Gasteiger partial charge in [0.2, 0.25) is 5.91 Å². The molecule has 1 aromatic heterocycles. The number of hydrogen-bond acceptors (Lipinski definition) is 4. The van der Waals surface area contributed by atoms with E-state index in [1.165, 1.54) is 12.4 Å². The van der Waals surface area contributed by atoms with E-state index >= 15 is 0 Å². The number of nitrogens with one attached hydrogen (secondary N) is 2. The van der Waals surface area contributed by atoms with Crippen LogP contribution in [-0.4, -0.2) is 22.0 Å². The zero-order valence-electron chi connectivity index (χ0n) is 11.0. The molecular formula is C12H15Cl2N3O3. The fourth-order valence-electron chi connectivity index (χ4n) is 1.61. The number of carboxylic acids is 1. The van der Waals surface area contributed by atoms with Crippen molar-refractivity contribution in [2.45, 2.75) is 26.7 Å². The Balaban J connectivity index is 2.58. The number of carbonyl (C=O) groups excluding carboxylic acids is 1.